The predicted molar refractivity (Wildman–Crippen MR) is 58.4 cm³/mol. The highest BCUT2D eigenvalue weighted by atomic mass is 79.9. The number of hydrogen-bond acceptors (Lipinski definition) is 2. The van der Waals surface area contributed by atoms with Gasteiger partial charge in [-0.25, -0.2) is 4.39 Å². The molecule has 1 aromatic heterocycles. The molecule has 0 fully saturated rings. The number of nitrogens with zero attached hydrogens (tertiary/aromatic N) is 1. The Bertz CT molecular complexity index is 461. The quantitative estimate of drug-likeness (QED) is 0.826. The third kappa shape index (κ3) is 2.53. The Hall–Kier alpha value is -1.42. The minimum Gasteiger partial charge on any atom is -0.456 e. The maximum atomic E-state index is 12.8. The van der Waals surface area contributed by atoms with Gasteiger partial charge in [0.2, 0.25) is 0 Å². The Kier molecular flexibility index (Phi) is 2.97. The Morgan fingerprint density at radius 3 is 2.53 bits per heavy atom. The molecule has 0 aliphatic heterocycles. The van der Waals surface area contributed by atoms with E-state index in [0.717, 1.165) is 0 Å². The van der Waals surface area contributed by atoms with Crippen molar-refractivity contribution in [2.24, 2.45) is 0 Å². The molecule has 0 N–H and O–H groups in total. The van der Waals surface area contributed by atoms with Gasteiger partial charge in [-0.05, 0) is 46.3 Å². The van der Waals surface area contributed by atoms with Crippen molar-refractivity contribution in [3.63, 3.8) is 0 Å². The molecule has 0 amide bonds. The molecule has 15 heavy (non-hydrogen) atoms. The number of ether oxygens (including phenoxy) is 1. The number of hydrogen-bond donors (Lipinski definition) is 0. The topological polar surface area (TPSA) is 22.1 Å². The lowest BCUT2D eigenvalue weighted by Crippen LogP contribution is -1.86. The molecule has 0 spiro atoms. The van der Waals surface area contributed by atoms with Gasteiger partial charge in [0.15, 0.2) is 0 Å². The van der Waals surface area contributed by atoms with E-state index in [9.17, 15) is 4.39 Å². The van der Waals surface area contributed by atoms with Gasteiger partial charge in [0.1, 0.15) is 17.3 Å². The van der Waals surface area contributed by atoms with Crippen molar-refractivity contribution in [2.45, 2.75) is 0 Å². The van der Waals surface area contributed by atoms with Crippen LogP contribution in [-0.4, -0.2) is 4.98 Å². The number of pyridine rings is 1. The fraction of sp³-hybridized carbons (Fsp3) is 0. The summed E-state index contributed by atoms with van der Waals surface area (Å²) in [7, 11) is 0. The van der Waals surface area contributed by atoms with Gasteiger partial charge < -0.3 is 4.74 Å². The van der Waals surface area contributed by atoms with E-state index in [1.807, 2.05) is 0 Å². The Labute approximate surface area is 94.9 Å². The zero-order valence-corrected chi connectivity index (χ0v) is 9.24. The van der Waals surface area contributed by atoms with Crippen molar-refractivity contribution in [2.75, 3.05) is 0 Å². The third-order valence-electron chi connectivity index (χ3n) is 1.77. The minimum absolute atomic E-state index is 0.302. The summed E-state index contributed by atoms with van der Waals surface area (Å²) in [4.78, 5) is 3.87. The summed E-state index contributed by atoms with van der Waals surface area (Å²) in [6, 6.07) is 7.74. The average molecular weight is 268 g/mol. The van der Waals surface area contributed by atoms with Crippen LogP contribution in [0.1, 0.15) is 0 Å². The maximum Gasteiger partial charge on any atom is 0.141 e. The van der Waals surface area contributed by atoms with Gasteiger partial charge in [-0.1, -0.05) is 0 Å². The van der Waals surface area contributed by atoms with Crippen molar-refractivity contribution in [3.05, 3.63) is 53.0 Å². The van der Waals surface area contributed by atoms with Crippen LogP contribution in [-0.2, 0) is 0 Å². The van der Waals surface area contributed by atoms with Crippen molar-refractivity contribution in [3.8, 4) is 11.5 Å². The molecule has 1 heterocycles. The van der Waals surface area contributed by atoms with Crippen molar-refractivity contribution in [1.82, 2.24) is 4.98 Å². The summed E-state index contributed by atoms with van der Waals surface area (Å²) in [6.07, 6.45) is 3.26. The minimum atomic E-state index is -0.302. The first-order valence-electron chi connectivity index (χ1n) is 4.28. The molecule has 0 aliphatic carbocycles. The molecule has 0 saturated heterocycles. The van der Waals surface area contributed by atoms with Gasteiger partial charge in [-0.3, -0.25) is 4.98 Å². The Morgan fingerprint density at radius 2 is 1.87 bits per heavy atom. The van der Waals surface area contributed by atoms with E-state index in [-0.39, 0.29) is 5.82 Å². The molecular formula is C11H7BrFNO. The number of halogens is 2. The van der Waals surface area contributed by atoms with Crippen LogP contribution in [0.2, 0.25) is 0 Å². The standard InChI is InChI=1S/C11H7BrFNO/c12-10-7-8(13)1-2-11(10)15-9-3-5-14-6-4-9/h1-7H. The maximum absolute atomic E-state index is 12.8. The van der Waals surface area contributed by atoms with Crippen LogP contribution in [0.25, 0.3) is 0 Å². The molecular weight excluding hydrogens is 261 g/mol. The molecule has 1 aromatic carbocycles. The highest BCUT2D eigenvalue weighted by Crippen LogP contribution is 2.29. The van der Waals surface area contributed by atoms with Crippen LogP contribution < -0.4 is 4.74 Å². The average Bonchev–Trinajstić information content (AvgIpc) is 2.24. The SMILES string of the molecule is Fc1ccc(Oc2ccncc2)c(Br)c1. The lowest BCUT2D eigenvalue weighted by molar-refractivity contribution is 0.476. The van der Waals surface area contributed by atoms with Crippen LogP contribution in [0.4, 0.5) is 4.39 Å². The first-order valence-corrected chi connectivity index (χ1v) is 5.08. The third-order valence-corrected chi connectivity index (χ3v) is 2.39. The molecule has 0 aliphatic rings. The Balaban J connectivity index is 2.25. The summed E-state index contributed by atoms with van der Waals surface area (Å²) >= 11 is 3.22. The van der Waals surface area contributed by atoms with Crippen LogP contribution >= 0.6 is 15.9 Å². The van der Waals surface area contributed by atoms with Gasteiger partial charge >= 0.3 is 0 Å². The molecule has 2 rings (SSSR count). The number of benzene rings is 1. The van der Waals surface area contributed by atoms with Gasteiger partial charge in [-0.2, -0.15) is 0 Å². The summed E-state index contributed by atoms with van der Waals surface area (Å²) in [6.45, 7) is 0. The van der Waals surface area contributed by atoms with Gasteiger partial charge in [0, 0.05) is 12.4 Å². The van der Waals surface area contributed by atoms with E-state index in [0.29, 0.717) is 16.0 Å². The number of rotatable bonds is 2. The van der Waals surface area contributed by atoms with Gasteiger partial charge in [0.25, 0.3) is 0 Å². The normalized spacial score (nSPS) is 10.0. The summed E-state index contributed by atoms with van der Waals surface area (Å²) < 4.78 is 18.9. The predicted octanol–water partition coefficient (Wildman–Crippen LogP) is 3.78. The monoisotopic (exact) mass is 267 g/mol. The summed E-state index contributed by atoms with van der Waals surface area (Å²) in [5.41, 5.74) is 0. The van der Waals surface area contributed by atoms with E-state index >= 15 is 0 Å². The molecule has 0 atom stereocenters. The molecule has 0 saturated carbocycles. The molecule has 0 radical (unpaired) electrons. The van der Waals surface area contributed by atoms with Crippen LogP contribution in [0.5, 0.6) is 11.5 Å². The second-order valence-electron chi connectivity index (χ2n) is 2.86. The van der Waals surface area contributed by atoms with Crippen molar-refractivity contribution < 1.29 is 9.13 Å². The highest BCUT2D eigenvalue weighted by Gasteiger charge is 2.03. The lowest BCUT2D eigenvalue weighted by Gasteiger charge is -2.06. The van der Waals surface area contributed by atoms with Crippen molar-refractivity contribution >= 4 is 15.9 Å². The Morgan fingerprint density at radius 1 is 1.13 bits per heavy atom. The lowest BCUT2D eigenvalue weighted by atomic mass is 10.3. The van der Waals surface area contributed by atoms with E-state index in [1.165, 1.54) is 12.1 Å². The van der Waals surface area contributed by atoms with E-state index in [1.54, 1.807) is 30.6 Å². The summed E-state index contributed by atoms with van der Waals surface area (Å²) in [5, 5.41) is 0. The van der Waals surface area contributed by atoms with E-state index in [2.05, 4.69) is 20.9 Å². The van der Waals surface area contributed by atoms with Crippen LogP contribution in [0.15, 0.2) is 47.2 Å². The highest BCUT2D eigenvalue weighted by molar-refractivity contribution is 9.10. The van der Waals surface area contributed by atoms with Crippen molar-refractivity contribution in [1.29, 1.82) is 0 Å². The smallest absolute Gasteiger partial charge is 0.141 e. The van der Waals surface area contributed by atoms with Crippen LogP contribution in [0, 0.1) is 5.82 Å². The number of aromatic nitrogens is 1. The first kappa shape index (κ1) is 10.1. The molecule has 0 unspecified atom stereocenters. The first-order chi connectivity index (χ1) is 7.25. The molecule has 2 nitrogen and oxygen atoms in total. The van der Waals surface area contributed by atoms with E-state index < -0.39 is 0 Å². The zero-order valence-electron chi connectivity index (χ0n) is 7.65. The summed E-state index contributed by atoms with van der Waals surface area (Å²) in [5.74, 6) is 0.934. The molecule has 4 heteroatoms. The van der Waals surface area contributed by atoms with Crippen LogP contribution in [0.3, 0.4) is 0 Å². The molecule has 76 valence electrons. The molecule has 2 aromatic rings. The zero-order chi connectivity index (χ0) is 10.7. The second-order valence-corrected chi connectivity index (χ2v) is 3.71. The molecule has 0 bridgehead atoms. The van der Waals surface area contributed by atoms with Gasteiger partial charge in [-0.15, -0.1) is 0 Å². The second kappa shape index (κ2) is 4.40. The fourth-order valence-electron chi connectivity index (χ4n) is 1.09. The largest absolute Gasteiger partial charge is 0.456 e. The fourth-order valence-corrected chi connectivity index (χ4v) is 1.52. The van der Waals surface area contributed by atoms with Gasteiger partial charge in [0.05, 0.1) is 4.47 Å². The van der Waals surface area contributed by atoms with E-state index in [4.69, 9.17) is 4.74 Å².